The molecule has 2 rings (SSSR count). The molecule has 2 nitrogen and oxygen atoms in total. The van der Waals surface area contributed by atoms with Crippen LogP contribution in [0.4, 0.5) is 0 Å². The standard InChI is InChI=1S/C7H10N2S/c1-2-6(8-3-1)7-4-10-5-9-7/h4-6,8H,1-3H2/t6-/m1/s1. The molecule has 0 unspecified atom stereocenters. The second-order valence-electron chi connectivity index (χ2n) is 2.56. The van der Waals surface area contributed by atoms with Gasteiger partial charge in [0.05, 0.1) is 17.2 Å². The fraction of sp³-hybridized carbons (Fsp3) is 0.571. The summed E-state index contributed by atoms with van der Waals surface area (Å²) in [5.41, 5.74) is 3.12. The minimum Gasteiger partial charge on any atom is -0.309 e. The molecule has 0 spiro atoms. The van der Waals surface area contributed by atoms with E-state index in [1.807, 2.05) is 5.51 Å². The quantitative estimate of drug-likeness (QED) is 0.664. The Labute approximate surface area is 64.3 Å². The van der Waals surface area contributed by atoms with E-state index in [1.165, 1.54) is 18.5 Å². The highest BCUT2D eigenvalue weighted by molar-refractivity contribution is 7.07. The maximum absolute atomic E-state index is 4.25. The average molecular weight is 154 g/mol. The topological polar surface area (TPSA) is 24.9 Å². The van der Waals surface area contributed by atoms with Gasteiger partial charge in [0.15, 0.2) is 0 Å². The summed E-state index contributed by atoms with van der Waals surface area (Å²) < 4.78 is 0. The maximum atomic E-state index is 4.25. The third-order valence-corrected chi connectivity index (χ3v) is 2.47. The van der Waals surface area contributed by atoms with Gasteiger partial charge in [-0.1, -0.05) is 0 Å². The van der Waals surface area contributed by atoms with Crippen molar-refractivity contribution in [3.8, 4) is 0 Å². The van der Waals surface area contributed by atoms with E-state index in [1.54, 1.807) is 11.3 Å². The molecule has 0 aliphatic carbocycles. The van der Waals surface area contributed by atoms with E-state index in [2.05, 4.69) is 15.7 Å². The van der Waals surface area contributed by atoms with Gasteiger partial charge in [-0.15, -0.1) is 11.3 Å². The van der Waals surface area contributed by atoms with Crippen molar-refractivity contribution in [1.82, 2.24) is 10.3 Å². The van der Waals surface area contributed by atoms with Crippen LogP contribution >= 0.6 is 11.3 Å². The lowest BCUT2D eigenvalue weighted by atomic mass is 10.2. The van der Waals surface area contributed by atoms with E-state index < -0.39 is 0 Å². The molecule has 54 valence electrons. The van der Waals surface area contributed by atoms with Gasteiger partial charge in [0.1, 0.15) is 0 Å². The molecule has 1 N–H and O–H groups in total. The van der Waals surface area contributed by atoms with E-state index in [4.69, 9.17) is 0 Å². The fourth-order valence-corrected chi connectivity index (χ4v) is 1.94. The molecule has 3 heteroatoms. The lowest BCUT2D eigenvalue weighted by Crippen LogP contribution is -2.12. The van der Waals surface area contributed by atoms with Gasteiger partial charge in [-0.2, -0.15) is 0 Å². The predicted octanol–water partition coefficient (Wildman–Crippen LogP) is 1.57. The number of thiazole rings is 1. The Morgan fingerprint density at radius 2 is 2.70 bits per heavy atom. The molecule has 1 saturated heterocycles. The van der Waals surface area contributed by atoms with Crippen LogP contribution in [0.2, 0.25) is 0 Å². The van der Waals surface area contributed by atoms with Crippen LogP contribution in [0.3, 0.4) is 0 Å². The van der Waals surface area contributed by atoms with Crippen LogP contribution in [0.15, 0.2) is 10.9 Å². The summed E-state index contributed by atoms with van der Waals surface area (Å²) in [6.45, 7) is 1.15. The molecule has 0 bridgehead atoms. The van der Waals surface area contributed by atoms with Gasteiger partial charge in [-0.3, -0.25) is 0 Å². The summed E-state index contributed by atoms with van der Waals surface area (Å²) in [7, 11) is 0. The molecule has 10 heavy (non-hydrogen) atoms. The van der Waals surface area contributed by atoms with E-state index in [0.29, 0.717) is 6.04 Å². The molecular formula is C7H10N2S. The van der Waals surface area contributed by atoms with Crippen LogP contribution in [0.5, 0.6) is 0 Å². The van der Waals surface area contributed by atoms with Gasteiger partial charge in [-0.25, -0.2) is 4.98 Å². The number of aromatic nitrogens is 1. The molecule has 0 amide bonds. The summed E-state index contributed by atoms with van der Waals surface area (Å²) in [4.78, 5) is 4.25. The molecule has 1 fully saturated rings. The van der Waals surface area contributed by atoms with Gasteiger partial charge in [0, 0.05) is 5.38 Å². The average Bonchev–Trinajstić information content (AvgIpc) is 2.59. The number of rotatable bonds is 1. The van der Waals surface area contributed by atoms with Crippen molar-refractivity contribution in [1.29, 1.82) is 0 Å². The van der Waals surface area contributed by atoms with E-state index >= 15 is 0 Å². The van der Waals surface area contributed by atoms with Crippen LogP contribution in [0.1, 0.15) is 24.6 Å². The van der Waals surface area contributed by atoms with Crippen LogP contribution in [0, 0.1) is 0 Å². The summed E-state index contributed by atoms with van der Waals surface area (Å²) in [5, 5.41) is 5.53. The van der Waals surface area contributed by atoms with Crippen LogP contribution in [-0.4, -0.2) is 11.5 Å². The first-order chi connectivity index (χ1) is 4.97. The van der Waals surface area contributed by atoms with Crippen molar-refractivity contribution in [2.75, 3.05) is 6.54 Å². The number of nitrogens with zero attached hydrogens (tertiary/aromatic N) is 1. The lowest BCUT2D eigenvalue weighted by Gasteiger charge is -2.03. The van der Waals surface area contributed by atoms with Gasteiger partial charge < -0.3 is 5.32 Å². The fourth-order valence-electron chi connectivity index (χ4n) is 1.33. The SMILES string of the molecule is c1nc([C@H]2CCCN2)cs1. The summed E-state index contributed by atoms with van der Waals surface area (Å²) in [5.74, 6) is 0. The lowest BCUT2D eigenvalue weighted by molar-refractivity contribution is 0.632. The first kappa shape index (κ1) is 6.31. The predicted molar refractivity (Wildman–Crippen MR) is 42.1 cm³/mol. The third-order valence-electron chi connectivity index (χ3n) is 1.87. The Bertz CT molecular complexity index is 189. The smallest absolute Gasteiger partial charge is 0.0795 e. The first-order valence-electron chi connectivity index (χ1n) is 3.58. The Balaban J connectivity index is 2.12. The molecule has 1 aromatic heterocycles. The largest absolute Gasteiger partial charge is 0.309 e. The molecule has 2 heterocycles. The summed E-state index contributed by atoms with van der Waals surface area (Å²) in [6.07, 6.45) is 2.55. The Kier molecular flexibility index (Phi) is 1.69. The number of hydrogen-bond donors (Lipinski definition) is 1. The molecular weight excluding hydrogens is 144 g/mol. The third kappa shape index (κ3) is 1.07. The molecule has 1 atom stereocenters. The monoisotopic (exact) mass is 154 g/mol. The van der Waals surface area contributed by atoms with Crippen LogP contribution in [0.25, 0.3) is 0 Å². The zero-order chi connectivity index (χ0) is 6.81. The zero-order valence-electron chi connectivity index (χ0n) is 5.71. The zero-order valence-corrected chi connectivity index (χ0v) is 6.53. The first-order valence-corrected chi connectivity index (χ1v) is 4.52. The number of nitrogens with one attached hydrogen (secondary N) is 1. The van der Waals surface area contributed by atoms with Crippen LogP contribution < -0.4 is 5.32 Å². The Morgan fingerprint density at radius 1 is 1.70 bits per heavy atom. The highest BCUT2D eigenvalue weighted by Gasteiger charge is 2.16. The van der Waals surface area contributed by atoms with Crippen molar-refractivity contribution >= 4 is 11.3 Å². The van der Waals surface area contributed by atoms with E-state index in [0.717, 1.165) is 6.54 Å². The molecule has 1 aliphatic rings. The van der Waals surface area contributed by atoms with Gasteiger partial charge in [0.2, 0.25) is 0 Å². The molecule has 0 saturated carbocycles. The van der Waals surface area contributed by atoms with Crippen molar-refractivity contribution in [3.05, 3.63) is 16.6 Å². The second-order valence-corrected chi connectivity index (χ2v) is 3.28. The molecule has 0 aromatic carbocycles. The van der Waals surface area contributed by atoms with Crippen molar-refractivity contribution in [2.45, 2.75) is 18.9 Å². The van der Waals surface area contributed by atoms with Crippen molar-refractivity contribution in [2.24, 2.45) is 0 Å². The number of hydrogen-bond acceptors (Lipinski definition) is 3. The van der Waals surface area contributed by atoms with Gasteiger partial charge in [0.25, 0.3) is 0 Å². The van der Waals surface area contributed by atoms with Gasteiger partial charge in [-0.05, 0) is 19.4 Å². The van der Waals surface area contributed by atoms with Crippen molar-refractivity contribution in [3.63, 3.8) is 0 Å². The summed E-state index contributed by atoms with van der Waals surface area (Å²) >= 11 is 1.68. The molecule has 1 aromatic rings. The molecule has 1 aliphatic heterocycles. The Hall–Kier alpha value is -0.410. The Morgan fingerprint density at radius 3 is 3.30 bits per heavy atom. The highest BCUT2D eigenvalue weighted by atomic mass is 32.1. The molecule has 0 radical (unpaired) electrons. The summed E-state index contributed by atoms with van der Waals surface area (Å²) in [6, 6.07) is 0.547. The maximum Gasteiger partial charge on any atom is 0.0795 e. The minimum absolute atomic E-state index is 0.547. The normalized spacial score (nSPS) is 25.4. The van der Waals surface area contributed by atoms with E-state index in [9.17, 15) is 0 Å². The van der Waals surface area contributed by atoms with Crippen LogP contribution in [-0.2, 0) is 0 Å². The highest BCUT2D eigenvalue weighted by Crippen LogP contribution is 2.21. The minimum atomic E-state index is 0.547. The van der Waals surface area contributed by atoms with Gasteiger partial charge >= 0.3 is 0 Å². The second kappa shape index (κ2) is 2.68. The van der Waals surface area contributed by atoms with Crippen molar-refractivity contribution < 1.29 is 0 Å². The van der Waals surface area contributed by atoms with E-state index in [-0.39, 0.29) is 0 Å².